The lowest BCUT2D eigenvalue weighted by atomic mass is 10.1. The molecule has 3 rings (SSSR count). The Morgan fingerprint density at radius 2 is 1.91 bits per heavy atom. The quantitative estimate of drug-likeness (QED) is 0.462. The van der Waals surface area contributed by atoms with Crippen molar-refractivity contribution in [3.8, 4) is 0 Å². The third kappa shape index (κ3) is 6.09. The number of carbonyl (C=O) groups excluding carboxylic acids is 3. The Morgan fingerprint density at radius 3 is 2.50 bits per heavy atom. The molecule has 1 aliphatic heterocycles. The second-order valence-electron chi connectivity index (χ2n) is 9.11. The van der Waals surface area contributed by atoms with Crippen molar-refractivity contribution in [1.82, 2.24) is 15.6 Å². The minimum Gasteiger partial charge on any atom is -0.365 e. The van der Waals surface area contributed by atoms with Crippen LogP contribution in [0, 0.1) is 5.82 Å². The number of pyridine rings is 1. The van der Waals surface area contributed by atoms with Gasteiger partial charge in [0.25, 0.3) is 11.8 Å². The van der Waals surface area contributed by atoms with Gasteiger partial charge in [-0.05, 0) is 63.6 Å². The number of anilines is 3. The molecule has 0 spiro atoms. The maximum absolute atomic E-state index is 14.8. The monoisotopic (exact) mass is 468 g/mol. The molecule has 1 fully saturated rings. The van der Waals surface area contributed by atoms with Crippen molar-refractivity contribution in [2.24, 2.45) is 5.73 Å². The first kappa shape index (κ1) is 24.7. The molecule has 9 nitrogen and oxygen atoms in total. The number of rotatable bonds is 7. The number of hydrogen-bond acceptors (Lipinski definition) is 6. The van der Waals surface area contributed by atoms with E-state index >= 15 is 0 Å². The van der Waals surface area contributed by atoms with Crippen molar-refractivity contribution >= 4 is 35.0 Å². The first-order chi connectivity index (χ1) is 16.0. The standard InChI is InChI=1S/C24H29FN6O3/c1-5-19(32)27-16-10-11-31(13-16)22-17(20(26)33)12-18(25)21(29-22)28-15-8-6-14(7-9-15)23(34)30-24(2,3)4/h5-9,12,16H,1,10-11,13H2,2-4H3,(H2,26,33)(H,27,32)(H,28,29)(H,30,34)/t16-/m0/s1. The molecule has 5 N–H and O–H groups in total. The van der Waals surface area contributed by atoms with Crippen LogP contribution in [-0.2, 0) is 4.79 Å². The van der Waals surface area contributed by atoms with Gasteiger partial charge >= 0.3 is 0 Å². The highest BCUT2D eigenvalue weighted by atomic mass is 19.1. The molecular formula is C24H29FN6O3. The average molecular weight is 469 g/mol. The topological polar surface area (TPSA) is 129 Å². The van der Waals surface area contributed by atoms with Gasteiger partial charge in [0, 0.05) is 35.9 Å². The van der Waals surface area contributed by atoms with Crippen LogP contribution in [0.5, 0.6) is 0 Å². The maximum Gasteiger partial charge on any atom is 0.252 e. The summed E-state index contributed by atoms with van der Waals surface area (Å²) in [6.45, 7) is 9.98. The van der Waals surface area contributed by atoms with Gasteiger partial charge < -0.3 is 26.6 Å². The van der Waals surface area contributed by atoms with E-state index < -0.39 is 11.7 Å². The van der Waals surface area contributed by atoms with Gasteiger partial charge in [0.05, 0.1) is 5.56 Å². The van der Waals surface area contributed by atoms with E-state index in [1.165, 1.54) is 6.08 Å². The number of amides is 3. The van der Waals surface area contributed by atoms with E-state index in [0.29, 0.717) is 30.8 Å². The van der Waals surface area contributed by atoms with Crippen LogP contribution in [-0.4, -0.2) is 47.4 Å². The van der Waals surface area contributed by atoms with Crippen molar-refractivity contribution in [3.05, 3.63) is 59.9 Å². The fourth-order valence-corrected chi connectivity index (χ4v) is 3.57. The van der Waals surface area contributed by atoms with E-state index in [4.69, 9.17) is 5.73 Å². The van der Waals surface area contributed by atoms with E-state index in [-0.39, 0.29) is 40.6 Å². The summed E-state index contributed by atoms with van der Waals surface area (Å²) < 4.78 is 14.8. The van der Waals surface area contributed by atoms with Gasteiger partial charge in [0.15, 0.2) is 11.6 Å². The van der Waals surface area contributed by atoms with Crippen molar-refractivity contribution in [3.63, 3.8) is 0 Å². The van der Waals surface area contributed by atoms with Gasteiger partial charge in [-0.25, -0.2) is 9.37 Å². The van der Waals surface area contributed by atoms with Crippen LogP contribution >= 0.6 is 0 Å². The number of halogens is 1. The van der Waals surface area contributed by atoms with Crippen molar-refractivity contribution in [2.75, 3.05) is 23.3 Å². The van der Waals surface area contributed by atoms with Gasteiger partial charge in [-0.3, -0.25) is 14.4 Å². The van der Waals surface area contributed by atoms with Crippen LogP contribution in [0.3, 0.4) is 0 Å². The Bertz CT molecular complexity index is 1110. The van der Waals surface area contributed by atoms with Crippen LogP contribution in [0.2, 0.25) is 0 Å². The van der Waals surface area contributed by atoms with Gasteiger partial charge in [-0.15, -0.1) is 0 Å². The summed E-state index contributed by atoms with van der Waals surface area (Å²) in [5.41, 5.74) is 6.02. The molecule has 0 aliphatic carbocycles. The molecular weight excluding hydrogens is 439 g/mol. The van der Waals surface area contributed by atoms with Gasteiger partial charge in [0.1, 0.15) is 5.82 Å². The number of primary amides is 1. The SMILES string of the molecule is C=CC(=O)N[C@H]1CCN(c2nc(Nc3ccc(C(=O)NC(C)(C)C)cc3)c(F)cc2C(N)=O)C1. The Kier molecular flexibility index (Phi) is 7.19. The lowest BCUT2D eigenvalue weighted by Crippen LogP contribution is -2.40. The first-order valence-electron chi connectivity index (χ1n) is 10.8. The number of nitrogens with two attached hydrogens (primary N) is 1. The highest BCUT2D eigenvalue weighted by Gasteiger charge is 2.28. The van der Waals surface area contributed by atoms with Crippen molar-refractivity contribution < 1.29 is 18.8 Å². The molecule has 1 aromatic heterocycles. The summed E-state index contributed by atoms with van der Waals surface area (Å²) in [7, 11) is 0. The molecule has 2 heterocycles. The number of hydrogen-bond donors (Lipinski definition) is 4. The molecule has 34 heavy (non-hydrogen) atoms. The zero-order chi connectivity index (χ0) is 25.0. The van der Waals surface area contributed by atoms with E-state index in [1.54, 1.807) is 29.2 Å². The van der Waals surface area contributed by atoms with E-state index in [1.807, 2.05) is 20.8 Å². The molecule has 1 aromatic carbocycles. The largest absolute Gasteiger partial charge is 0.365 e. The zero-order valence-corrected chi connectivity index (χ0v) is 19.4. The van der Waals surface area contributed by atoms with E-state index in [2.05, 4.69) is 27.5 Å². The Morgan fingerprint density at radius 1 is 1.24 bits per heavy atom. The summed E-state index contributed by atoms with van der Waals surface area (Å²) >= 11 is 0. The molecule has 10 heteroatoms. The Labute approximate surface area is 197 Å². The summed E-state index contributed by atoms with van der Waals surface area (Å²) in [5, 5.41) is 8.57. The number of aromatic nitrogens is 1. The smallest absolute Gasteiger partial charge is 0.252 e. The number of nitrogens with one attached hydrogen (secondary N) is 3. The van der Waals surface area contributed by atoms with Crippen LogP contribution in [0.4, 0.5) is 21.7 Å². The van der Waals surface area contributed by atoms with Crippen LogP contribution in [0.25, 0.3) is 0 Å². The lowest BCUT2D eigenvalue weighted by molar-refractivity contribution is -0.117. The molecule has 1 aliphatic rings. The molecule has 0 bridgehead atoms. The predicted molar refractivity (Wildman–Crippen MR) is 129 cm³/mol. The molecule has 3 amide bonds. The van der Waals surface area contributed by atoms with Crippen LogP contribution in [0.15, 0.2) is 43.0 Å². The molecule has 2 aromatic rings. The second kappa shape index (κ2) is 9.90. The molecule has 0 unspecified atom stereocenters. The first-order valence-corrected chi connectivity index (χ1v) is 10.8. The number of benzene rings is 1. The zero-order valence-electron chi connectivity index (χ0n) is 19.4. The van der Waals surface area contributed by atoms with Crippen molar-refractivity contribution in [2.45, 2.75) is 38.8 Å². The Balaban J connectivity index is 1.82. The van der Waals surface area contributed by atoms with Gasteiger partial charge in [0.2, 0.25) is 5.91 Å². The summed E-state index contributed by atoms with van der Waals surface area (Å²) in [6, 6.07) is 7.39. The molecule has 180 valence electrons. The third-order valence-electron chi connectivity index (χ3n) is 5.14. The fourth-order valence-electron chi connectivity index (χ4n) is 3.57. The van der Waals surface area contributed by atoms with Crippen molar-refractivity contribution in [1.29, 1.82) is 0 Å². The van der Waals surface area contributed by atoms with Crippen LogP contribution in [0.1, 0.15) is 47.9 Å². The maximum atomic E-state index is 14.8. The number of carbonyl (C=O) groups is 3. The molecule has 1 saturated heterocycles. The van der Waals surface area contributed by atoms with Gasteiger partial charge in [-0.2, -0.15) is 0 Å². The fraction of sp³-hybridized carbons (Fsp3) is 0.333. The minimum atomic E-state index is -0.805. The molecule has 0 saturated carbocycles. The highest BCUT2D eigenvalue weighted by Crippen LogP contribution is 2.28. The molecule has 0 radical (unpaired) electrons. The van der Waals surface area contributed by atoms with E-state index in [0.717, 1.165) is 6.07 Å². The number of nitrogens with zero attached hydrogens (tertiary/aromatic N) is 2. The van der Waals surface area contributed by atoms with Gasteiger partial charge in [-0.1, -0.05) is 6.58 Å². The Hall–Kier alpha value is -3.95. The minimum absolute atomic E-state index is 0.0482. The normalized spacial score (nSPS) is 15.5. The lowest BCUT2D eigenvalue weighted by Gasteiger charge is -2.21. The predicted octanol–water partition coefficient (Wildman–Crippen LogP) is 2.47. The molecule has 1 atom stereocenters. The second-order valence-corrected chi connectivity index (χ2v) is 9.11. The van der Waals surface area contributed by atoms with E-state index in [9.17, 15) is 18.8 Å². The third-order valence-corrected chi connectivity index (χ3v) is 5.14. The summed E-state index contributed by atoms with van der Waals surface area (Å²) in [5.74, 6) is -1.93. The summed E-state index contributed by atoms with van der Waals surface area (Å²) in [6.07, 6.45) is 1.81. The average Bonchev–Trinajstić information content (AvgIpc) is 3.22. The summed E-state index contributed by atoms with van der Waals surface area (Å²) in [4.78, 5) is 42.0. The highest BCUT2D eigenvalue weighted by molar-refractivity contribution is 5.98. The van der Waals surface area contributed by atoms with Crippen LogP contribution < -0.4 is 26.6 Å².